The highest BCUT2D eigenvalue weighted by Crippen LogP contribution is 2.20. The monoisotopic (exact) mass is 273 g/mol. The molecule has 110 valence electrons. The fourth-order valence-corrected chi connectivity index (χ4v) is 1.55. The maximum atomic E-state index is 11.8. The van der Waals surface area contributed by atoms with E-state index in [-0.39, 0.29) is 12.3 Å². The van der Waals surface area contributed by atoms with Crippen molar-refractivity contribution in [1.82, 2.24) is 5.32 Å². The standard InChI is InChI=1S/C13H23NO5/c1-8(2)6-9(11(16)19-5)14-10(15)7-13(3,4)12(17)18/h8-9H,6-7H2,1-5H3,(H,14,15)(H,17,18). The molecule has 0 aliphatic carbocycles. The van der Waals surface area contributed by atoms with Gasteiger partial charge in [0.2, 0.25) is 5.91 Å². The average molecular weight is 273 g/mol. The summed E-state index contributed by atoms with van der Waals surface area (Å²) < 4.78 is 4.62. The third-order valence-corrected chi connectivity index (χ3v) is 2.71. The van der Waals surface area contributed by atoms with Crippen LogP contribution in [0.5, 0.6) is 0 Å². The maximum Gasteiger partial charge on any atom is 0.328 e. The number of nitrogens with one attached hydrogen (secondary N) is 1. The molecule has 0 radical (unpaired) electrons. The molecule has 1 atom stereocenters. The summed E-state index contributed by atoms with van der Waals surface area (Å²) in [6, 6.07) is -0.734. The Labute approximate surface area is 113 Å². The first-order valence-electron chi connectivity index (χ1n) is 6.20. The number of carboxylic acid groups (broad SMARTS) is 1. The number of amides is 1. The van der Waals surface area contributed by atoms with Crippen molar-refractivity contribution in [3.8, 4) is 0 Å². The Bertz CT molecular complexity index is 349. The Morgan fingerprint density at radius 2 is 1.79 bits per heavy atom. The molecule has 6 nitrogen and oxygen atoms in total. The number of esters is 1. The molecule has 0 aromatic heterocycles. The maximum absolute atomic E-state index is 11.8. The number of ether oxygens (including phenoxy) is 1. The van der Waals surface area contributed by atoms with Crippen LogP contribution in [0.3, 0.4) is 0 Å². The Hall–Kier alpha value is -1.59. The average Bonchev–Trinajstić information content (AvgIpc) is 2.25. The Balaban J connectivity index is 4.64. The van der Waals surface area contributed by atoms with Crippen LogP contribution in [-0.4, -0.2) is 36.1 Å². The van der Waals surface area contributed by atoms with Crippen LogP contribution < -0.4 is 5.32 Å². The molecule has 0 aromatic rings. The van der Waals surface area contributed by atoms with Gasteiger partial charge in [0, 0.05) is 6.42 Å². The lowest BCUT2D eigenvalue weighted by Gasteiger charge is -2.22. The smallest absolute Gasteiger partial charge is 0.328 e. The van der Waals surface area contributed by atoms with Gasteiger partial charge in [0.05, 0.1) is 12.5 Å². The summed E-state index contributed by atoms with van der Waals surface area (Å²) in [5, 5.41) is 11.5. The zero-order valence-electron chi connectivity index (χ0n) is 12.1. The summed E-state index contributed by atoms with van der Waals surface area (Å²) in [6.07, 6.45) is 0.264. The van der Waals surface area contributed by atoms with Crippen molar-refractivity contribution in [3.05, 3.63) is 0 Å². The highest BCUT2D eigenvalue weighted by Gasteiger charge is 2.32. The number of hydrogen-bond acceptors (Lipinski definition) is 4. The number of carbonyl (C=O) groups excluding carboxylic acids is 2. The number of carbonyl (C=O) groups is 3. The molecule has 2 N–H and O–H groups in total. The van der Waals surface area contributed by atoms with E-state index in [1.165, 1.54) is 21.0 Å². The predicted molar refractivity (Wildman–Crippen MR) is 69.4 cm³/mol. The Morgan fingerprint density at radius 1 is 1.26 bits per heavy atom. The van der Waals surface area contributed by atoms with Crippen LogP contribution in [0.2, 0.25) is 0 Å². The number of aliphatic carboxylic acids is 1. The lowest BCUT2D eigenvalue weighted by molar-refractivity contribution is -0.150. The normalized spacial score (nSPS) is 12.9. The van der Waals surface area contributed by atoms with Crippen molar-refractivity contribution >= 4 is 17.8 Å². The van der Waals surface area contributed by atoms with Crippen molar-refractivity contribution in [2.75, 3.05) is 7.11 Å². The second-order valence-electron chi connectivity index (χ2n) is 5.64. The van der Waals surface area contributed by atoms with E-state index in [4.69, 9.17) is 5.11 Å². The molecule has 19 heavy (non-hydrogen) atoms. The number of methoxy groups -OCH3 is 1. The molecule has 0 rings (SSSR count). The number of rotatable bonds is 7. The van der Waals surface area contributed by atoms with E-state index in [1.54, 1.807) is 0 Å². The van der Waals surface area contributed by atoms with E-state index in [2.05, 4.69) is 10.1 Å². The van der Waals surface area contributed by atoms with E-state index >= 15 is 0 Å². The second-order valence-corrected chi connectivity index (χ2v) is 5.64. The molecule has 1 unspecified atom stereocenters. The van der Waals surface area contributed by atoms with Crippen molar-refractivity contribution in [3.63, 3.8) is 0 Å². The molecule has 6 heteroatoms. The van der Waals surface area contributed by atoms with Crippen molar-refractivity contribution in [1.29, 1.82) is 0 Å². The Morgan fingerprint density at radius 3 is 2.16 bits per heavy atom. The molecule has 0 aliphatic rings. The summed E-state index contributed by atoms with van der Waals surface area (Å²) in [5.41, 5.74) is -1.16. The molecule has 0 fully saturated rings. The SMILES string of the molecule is COC(=O)C(CC(C)C)NC(=O)CC(C)(C)C(=O)O. The van der Waals surface area contributed by atoms with Gasteiger partial charge in [-0.15, -0.1) is 0 Å². The van der Waals surface area contributed by atoms with Gasteiger partial charge in [-0.05, 0) is 26.2 Å². The topological polar surface area (TPSA) is 92.7 Å². The van der Waals surface area contributed by atoms with Gasteiger partial charge in [0.25, 0.3) is 0 Å². The highest BCUT2D eigenvalue weighted by molar-refractivity contribution is 5.88. The molecular formula is C13H23NO5. The van der Waals surface area contributed by atoms with Crippen LogP contribution in [0, 0.1) is 11.3 Å². The molecule has 0 heterocycles. The lowest BCUT2D eigenvalue weighted by atomic mass is 9.89. The van der Waals surface area contributed by atoms with Gasteiger partial charge in [-0.25, -0.2) is 4.79 Å². The van der Waals surface area contributed by atoms with Crippen molar-refractivity contribution in [2.24, 2.45) is 11.3 Å². The lowest BCUT2D eigenvalue weighted by Crippen LogP contribution is -2.44. The van der Waals surface area contributed by atoms with Crippen molar-refractivity contribution in [2.45, 2.75) is 46.6 Å². The van der Waals surface area contributed by atoms with Gasteiger partial charge < -0.3 is 15.2 Å². The van der Waals surface area contributed by atoms with Gasteiger partial charge in [0.15, 0.2) is 0 Å². The quantitative estimate of drug-likeness (QED) is 0.680. The highest BCUT2D eigenvalue weighted by atomic mass is 16.5. The zero-order chi connectivity index (χ0) is 15.2. The summed E-state index contributed by atoms with van der Waals surface area (Å²) in [7, 11) is 1.25. The molecular weight excluding hydrogens is 250 g/mol. The predicted octanol–water partition coefficient (Wildman–Crippen LogP) is 1.19. The Kier molecular flexibility index (Phi) is 6.52. The molecule has 1 amide bonds. The molecule has 0 aliphatic heterocycles. The van der Waals surface area contributed by atoms with Gasteiger partial charge in [-0.2, -0.15) is 0 Å². The molecule has 0 spiro atoms. The number of hydrogen-bond donors (Lipinski definition) is 2. The van der Waals surface area contributed by atoms with Crippen molar-refractivity contribution < 1.29 is 24.2 Å². The van der Waals surface area contributed by atoms with E-state index < -0.39 is 29.3 Å². The van der Waals surface area contributed by atoms with E-state index in [9.17, 15) is 14.4 Å². The minimum Gasteiger partial charge on any atom is -0.481 e. The molecule has 0 aromatic carbocycles. The minimum absolute atomic E-state index is 0.187. The second kappa shape index (κ2) is 7.11. The van der Waals surface area contributed by atoms with Crippen LogP contribution in [0.1, 0.15) is 40.5 Å². The van der Waals surface area contributed by atoms with E-state index in [1.807, 2.05) is 13.8 Å². The summed E-state index contributed by atoms with van der Waals surface area (Å²) in [6.45, 7) is 6.77. The first kappa shape index (κ1) is 17.4. The fraction of sp³-hybridized carbons (Fsp3) is 0.769. The van der Waals surface area contributed by atoms with E-state index in [0.29, 0.717) is 6.42 Å². The van der Waals surface area contributed by atoms with Gasteiger partial charge in [0.1, 0.15) is 6.04 Å². The van der Waals surface area contributed by atoms with Crippen LogP contribution in [0.4, 0.5) is 0 Å². The summed E-state index contributed by atoms with van der Waals surface area (Å²) in [4.78, 5) is 34.3. The minimum atomic E-state index is -1.16. The van der Waals surface area contributed by atoms with Crippen LogP contribution >= 0.6 is 0 Å². The number of carboxylic acids is 1. The zero-order valence-corrected chi connectivity index (χ0v) is 12.1. The summed E-state index contributed by atoms with van der Waals surface area (Å²) in [5.74, 6) is -1.84. The molecule has 0 saturated carbocycles. The fourth-order valence-electron chi connectivity index (χ4n) is 1.55. The van der Waals surface area contributed by atoms with Gasteiger partial charge in [-0.1, -0.05) is 13.8 Å². The molecule has 0 bridgehead atoms. The van der Waals surface area contributed by atoms with Crippen LogP contribution in [-0.2, 0) is 19.1 Å². The summed E-state index contributed by atoms with van der Waals surface area (Å²) >= 11 is 0. The molecule has 0 saturated heterocycles. The third kappa shape index (κ3) is 6.22. The first-order valence-corrected chi connectivity index (χ1v) is 6.20. The first-order chi connectivity index (χ1) is 8.60. The van der Waals surface area contributed by atoms with E-state index in [0.717, 1.165) is 0 Å². The van der Waals surface area contributed by atoms with Crippen LogP contribution in [0.25, 0.3) is 0 Å². The van der Waals surface area contributed by atoms with Gasteiger partial charge >= 0.3 is 11.9 Å². The largest absolute Gasteiger partial charge is 0.481 e. The van der Waals surface area contributed by atoms with Crippen LogP contribution in [0.15, 0.2) is 0 Å². The van der Waals surface area contributed by atoms with Gasteiger partial charge in [-0.3, -0.25) is 9.59 Å². The third-order valence-electron chi connectivity index (χ3n) is 2.71.